The first-order valence-electron chi connectivity index (χ1n) is 8.02. The Morgan fingerprint density at radius 3 is 2.88 bits per heavy atom. The lowest BCUT2D eigenvalue weighted by molar-refractivity contribution is -0.138. The van der Waals surface area contributed by atoms with Crippen LogP contribution in [0.5, 0.6) is 0 Å². The number of amides is 2. The minimum atomic E-state index is -0.414. The second-order valence-corrected chi connectivity index (χ2v) is 5.93. The van der Waals surface area contributed by atoms with E-state index >= 15 is 0 Å². The summed E-state index contributed by atoms with van der Waals surface area (Å²) in [6.07, 6.45) is 5.02. The summed E-state index contributed by atoms with van der Waals surface area (Å²) in [4.78, 5) is 30.5. The normalized spacial score (nSPS) is 17.0. The molecule has 1 aliphatic heterocycles. The van der Waals surface area contributed by atoms with Crippen LogP contribution in [0.1, 0.15) is 29.9 Å². The van der Waals surface area contributed by atoms with Gasteiger partial charge in [-0.1, -0.05) is 5.16 Å². The minimum Gasteiger partial charge on any atom is -0.361 e. The van der Waals surface area contributed by atoms with Crippen molar-refractivity contribution in [2.75, 3.05) is 6.54 Å². The lowest BCUT2D eigenvalue weighted by Crippen LogP contribution is -2.46. The maximum atomic E-state index is 12.5. The second-order valence-electron chi connectivity index (χ2n) is 5.93. The van der Waals surface area contributed by atoms with Crippen molar-refractivity contribution in [3.63, 3.8) is 0 Å². The van der Waals surface area contributed by atoms with Gasteiger partial charge in [-0.25, -0.2) is 0 Å². The average Bonchev–Trinajstić information content (AvgIpc) is 3.22. The van der Waals surface area contributed by atoms with Crippen molar-refractivity contribution >= 4 is 11.8 Å². The Morgan fingerprint density at radius 1 is 1.38 bits per heavy atom. The molecule has 3 rings (SSSR count). The van der Waals surface area contributed by atoms with Gasteiger partial charge < -0.3 is 14.7 Å². The van der Waals surface area contributed by atoms with E-state index in [1.807, 2.05) is 19.1 Å². The summed E-state index contributed by atoms with van der Waals surface area (Å²) in [5, 5.41) is 6.68. The Kier molecular flexibility index (Phi) is 4.88. The van der Waals surface area contributed by atoms with Gasteiger partial charge in [0.2, 0.25) is 11.8 Å². The van der Waals surface area contributed by atoms with Crippen LogP contribution in [0.15, 0.2) is 35.1 Å². The number of likely N-dealkylation sites (tertiary alicyclic amines) is 1. The van der Waals surface area contributed by atoms with E-state index in [4.69, 9.17) is 4.52 Å². The molecule has 3 heterocycles. The van der Waals surface area contributed by atoms with E-state index in [-0.39, 0.29) is 18.2 Å². The number of rotatable bonds is 5. The number of carbonyl (C=O) groups is 2. The minimum absolute atomic E-state index is 0.104. The van der Waals surface area contributed by atoms with Crippen molar-refractivity contribution in [2.24, 2.45) is 0 Å². The summed E-state index contributed by atoms with van der Waals surface area (Å²) in [7, 11) is 0. The van der Waals surface area contributed by atoms with Gasteiger partial charge in [0.15, 0.2) is 0 Å². The third kappa shape index (κ3) is 3.79. The molecule has 0 aromatic carbocycles. The molecule has 2 aromatic heterocycles. The molecule has 1 N–H and O–H groups in total. The Bertz CT molecular complexity index is 714. The Hall–Kier alpha value is -2.70. The third-order valence-corrected chi connectivity index (χ3v) is 4.09. The largest absolute Gasteiger partial charge is 0.361 e. The first-order valence-corrected chi connectivity index (χ1v) is 8.02. The zero-order valence-electron chi connectivity index (χ0n) is 13.6. The van der Waals surface area contributed by atoms with Gasteiger partial charge in [-0.05, 0) is 37.5 Å². The molecule has 1 atom stereocenters. The van der Waals surface area contributed by atoms with Crippen molar-refractivity contribution < 1.29 is 14.1 Å². The molecule has 2 amide bonds. The number of pyridine rings is 1. The molecule has 0 radical (unpaired) electrons. The van der Waals surface area contributed by atoms with Gasteiger partial charge in [0.05, 0.1) is 12.1 Å². The molecular weight excluding hydrogens is 308 g/mol. The zero-order chi connectivity index (χ0) is 16.9. The lowest BCUT2D eigenvalue weighted by Gasteiger charge is -2.23. The standard InChI is InChI=1S/C17H20N4O3/c1-12-9-14(24-20-12)10-16(22)21-8-2-3-15(21)17(23)19-11-13-4-6-18-7-5-13/h4-7,9,15H,2-3,8,10-11H2,1H3,(H,19,23). The highest BCUT2D eigenvalue weighted by Crippen LogP contribution is 2.19. The molecule has 7 nitrogen and oxygen atoms in total. The average molecular weight is 328 g/mol. The topological polar surface area (TPSA) is 88.3 Å². The number of carbonyl (C=O) groups excluding carboxylic acids is 2. The van der Waals surface area contributed by atoms with Crippen LogP contribution in [0.2, 0.25) is 0 Å². The van der Waals surface area contributed by atoms with Crippen LogP contribution in [0.4, 0.5) is 0 Å². The monoisotopic (exact) mass is 328 g/mol. The van der Waals surface area contributed by atoms with Crippen LogP contribution in [-0.2, 0) is 22.6 Å². The van der Waals surface area contributed by atoms with Gasteiger partial charge in [-0.3, -0.25) is 14.6 Å². The number of hydrogen-bond donors (Lipinski definition) is 1. The predicted molar refractivity (Wildman–Crippen MR) is 85.8 cm³/mol. The lowest BCUT2D eigenvalue weighted by atomic mass is 10.2. The fourth-order valence-electron chi connectivity index (χ4n) is 2.90. The van der Waals surface area contributed by atoms with Crippen molar-refractivity contribution in [3.05, 3.63) is 47.6 Å². The Balaban J connectivity index is 1.57. The van der Waals surface area contributed by atoms with E-state index in [1.54, 1.807) is 23.4 Å². The van der Waals surface area contributed by atoms with Gasteiger partial charge in [0.1, 0.15) is 11.8 Å². The summed E-state index contributed by atoms with van der Waals surface area (Å²) < 4.78 is 5.09. The van der Waals surface area contributed by atoms with Crippen LogP contribution in [0, 0.1) is 6.92 Å². The van der Waals surface area contributed by atoms with E-state index in [9.17, 15) is 9.59 Å². The molecule has 126 valence electrons. The van der Waals surface area contributed by atoms with Gasteiger partial charge in [0, 0.05) is 31.5 Å². The number of hydrogen-bond acceptors (Lipinski definition) is 5. The summed E-state index contributed by atoms with van der Waals surface area (Å²) in [6.45, 7) is 2.84. The summed E-state index contributed by atoms with van der Waals surface area (Å²) in [6, 6.07) is 5.03. The van der Waals surface area contributed by atoms with E-state index < -0.39 is 6.04 Å². The fourth-order valence-corrected chi connectivity index (χ4v) is 2.90. The van der Waals surface area contributed by atoms with Crippen molar-refractivity contribution in [2.45, 2.75) is 38.8 Å². The van der Waals surface area contributed by atoms with Gasteiger partial charge >= 0.3 is 0 Å². The van der Waals surface area contributed by atoms with Crippen LogP contribution < -0.4 is 5.32 Å². The van der Waals surface area contributed by atoms with Crippen LogP contribution in [-0.4, -0.2) is 39.4 Å². The smallest absolute Gasteiger partial charge is 0.243 e. The summed E-state index contributed by atoms with van der Waals surface area (Å²) in [5.41, 5.74) is 1.72. The number of nitrogens with one attached hydrogen (secondary N) is 1. The fraction of sp³-hybridized carbons (Fsp3) is 0.412. The van der Waals surface area contributed by atoms with E-state index in [0.717, 1.165) is 17.7 Å². The SMILES string of the molecule is Cc1cc(CC(=O)N2CCCC2C(=O)NCc2ccncc2)on1. The molecule has 1 saturated heterocycles. The predicted octanol–water partition coefficient (Wildman–Crippen LogP) is 1.23. The third-order valence-electron chi connectivity index (χ3n) is 4.09. The van der Waals surface area contributed by atoms with Gasteiger partial charge in [-0.2, -0.15) is 0 Å². The van der Waals surface area contributed by atoms with E-state index in [2.05, 4.69) is 15.5 Å². The van der Waals surface area contributed by atoms with E-state index in [1.165, 1.54) is 0 Å². The summed E-state index contributed by atoms with van der Waals surface area (Å²) >= 11 is 0. The molecule has 2 aromatic rings. The quantitative estimate of drug-likeness (QED) is 0.892. The Labute approximate surface area is 140 Å². The molecule has 24 heavy (non-hydrogen) atoms. The number of aryl methyl sites for hydroxylation is 1. The molecule has 0 aliphatic carbocycles. The van der Waals surface area contributed by atoms with Crippen molar-refractivity contribution in [3.8, 4) is 0 Å². The molecule has 1 aliphatic rings. The molecule has 0 bridgehead atoms. The van der Waals surface area contributed by atoms with Crippen LogP contribution in [0.3, 0.4) is 0 Å². The molecule has 1 unspecified atom stereocenters. The highest BCUT2D eigenvalue weighted by atomic mass is 16.5. The summed E-state index contributed by atoms with van der Waals surface area (Å²) in [5.74, 6) is 0.305. The Morgan fingerprint density at radius 2 is 2.17 bits per heavy atom. The highest BCUT2D eigenvalue weighted by molar-refractivity contribution is 5.88. The van der Waals surface area contributed by atoms with E-state index in [0.29, 0.717) is 25.3 Å². The second kappa shape index (κ2) is 7.25. The van der Waals surface area contributed by atoms with Crippen molar-refractivity contribution in [1.29, 1.82) is 0 Å². The maximum Gasteiger partial charge on any atom is 0.243 e. The number of nitrogens with zero attached hydrogens (tertiary/aromatic N) is 3. The molecule has 7 heteroatoms. The first-order chi connectivity index (χ1) is 11.6. The molecule has 1 fully saturated rings. The number of aromatic nitrogens is 2. The van der Waals surface area contributed by atoms with Crippen molar-refractivity contribution in [1.82, 2.24) is 20.4 Å². The zero-order valence-corrected chi connectivity index (χ0v) is 13.6. The highest BCUT2D eigenvalue weighted by Gasteiger charge is 2.34. The van der Waals surface area contributed by atoms with Gasteiger partial charge in [-0.15, -0.1) is 0 Å². The van der Waals surface area contributed by atoms with Crippen LogP contribution >= 0.6 is 0 Å². The maximum absolute atomic E-state index is 12.5. The first kappa shape index (κ1) is 16.2. The van der Waals surface area contributed by atoms with Gasteiger partial charge in [0.25, 0.3) is 0 Å². The molecule has 0 saturated carbocycles. The molecule has 0 spiro atoms. The van der Waals surface area contributed by atoms with Crippen LogP contribution in [0.25, 0.3) is 0 Å². The molecular formula is C17H20N4O3.